The van der Waals surface area contributed by atoms with Crippen molar-refractivity contribution in [2.75, 3.05) is 5.32 Å². The molecule has 0 aliphatic rings. The molecular weight excluding hydrogens is 346 g/mol. The highest BCUT2D eigenvalue weighted by atomic mass is 79.9. The molecule has 0 atom stereocenters. The Morgan fingerprint density at radius 1 is 1.57 bits per heavy atom. The van der Waals surface area contributed by atoms with Crippen LogP contribution >= 0.6 is 15.9 Å². The average Bonchev–Trinajstić information content (AvgIpc) is 2.78. The Morgan fingerprint density at radius 3 is 2.86 bits per heavy atom. The summed E-state index contributed by atoms with van der Waals surface area (Å²) in [5.41, 5.74) is 0.127. The molecule has 0 bridgehead atoms. The van der Waals surface area contributed by atoms with E-state index in [1.165, 1.54) is 19.2 Å². The number of halogens is 1. The SMILES string of the molecule is Cc1oc(CNc2c(Br)cncc2[N+](=O)[O-])cc1C(=O)O. The molecule has 0 fully saturated rings. The fraction of sp³-hybridized carbons (Fsp3) is 0.167. The third kappa shape index (κ3) is 3.19. The van der Waals surface area contributed by atoms with Gasteiger partial charge in [0, 0.05) is 6.20 Å². The van der Waals surface area contributed by atoms with Gasteiger partial charge in [0.2, 0.25) is 0 Å². The van der Waals surface area contributed by atoms with E-state index in [4.69, 9.17) is 9.52 Å². The van der Waals surface area contributed by atoms with Gasteiger partial charge in [-0.05, 0) is 28.9 Å². The van der Waals surface area contributed by atoms with Crippen molar-refractivity contribution >= 4 is 33.3 Å². The van der Waals surface area contributed by atoms with Crippen LogP contribution in [0.15, 0.2) is 27.3 Å². The molecule has 2 rings (SSSR count). The second kappa shape index (κ2) is 5.92. The van der Waals surface area contributed by atoms with Crippen molar-refractivity contribution in [3.8, 4) is 0 Å². The van der Waals surface area contributed by atoms with E-state index >= 15 is 0 Å². The topological polar surface area (TPSA) is 119 Å². The Hall–Kier alpha value is -2.42. The average molecular weight is 356 g/mol. The van der Waals surface area contributed by atoms with E-state index in [1.807, 2.05) is 0 Å². The lowest BCUT2D eigenvalue weighted by Gasteiger charge is -2.06. The molecule has 110 valence electrons. The van der Waals surface area contributed by atoms with Crippen molar-refractivity contribution in [3.05, 3.63) is 50.1 Å². The first-order chi connectivity index (χ1) is 9.90. The zero-order valence-electron chi connectivity index (χ0n) is 10.8. The minimum atomic E-state index is -1.08. The van der Waals surface area contributed by atoms with E-state index in [-0.39, 0.29) is 29.2 Å². The van der Waals surface area contributed by atoms with Crippen LogP contribution in [0.5, 0.6) is 0 Å². The van der Waals surface area contributed by atoms with Crippen LogP contribution in [0.2, 0.25) is 0 Å². The number of aryl methyl sites for hydroxylation is 1. The van der Waals surface area contributed by atoms with Crippen molar-refractivity contribution in [2.24, 2.45) is 0 Å². The molecular formula is C12H10BrN3O5. The Morgan fingerprint density at radius 2 is 2.29 bits per heavy atom. The highest BCUT2D eigenvalue weighted by Crippen LogP contribution is 2.31. The largest absolute Gasteiger partial charge is 0.478 e. The molecule has 9 heteroatoms. The molecule has 2 N–H and O–H groups in total. The summed E-state index contributed by atoms with van der Waals surface area (Å²) < 4.78 is 5.72. The summed E-state index contributed by atoms with van der Waals surface area (Å²) in [5, 5.41) is 22.7. The lowest BCUT2D eigenvalue weighted by Crippen LogP contribution is -2.03. The number of carboxylic acid groups (broad SMARTS) is 1. The van der Waals surface area contributed by atoms with Gasteiger partial charge in [0.05, 0.1) is 15.9 Å². The van der Waals surface area contributed by atoms with Crippen molar-refractivity contribution in [1.82, 2.24) is 4.98 Å². The van der Waals surface area contributed by atoms with Crippen LogP contribution in [-0.4, -0.2) is 21.0 Å². The van der Waals surface area contributed by atoms with Gasteiger partial charge in [0.15, 0.2) is 0 Å². The minimum Gasteiger partial charge on any atom is -0.478 e. The maximum absolute atomic E-state index is 10.9. The molecule has 2 aromatic rings. The molecule has 0 radical (unpaired) electrons. The van der Waals surface area contributed by atoms with Crippen LogP contribution in [0, 0.1) is 17.0 Å². The summed E-state index contributed by atoms with van der Waals surface area (Å²) in [7, 11) is 0. The summed E-state index contributed by atoms with van der Waals surface area (Å²) in [4.78, 5) is 25.0. The summed E-state index contributed by atoms with van der Waals surface area (Å²) in [6.07, 6.45) is 2.55. The van der Waals surface area contributed by atoms with Crippen LogP contribution in [0.4, 0.5) is 11.4 Å². The molecule has 0 aliphatic heterocycles. The summed E-state index contributed by atoms with van der Waals surface area (Å²) in [5.74, 6) is -0.441. The first-order valence-electron chi connectivity index (χ1n) is 5.74. The number of pyridine rings is 1. The normalized spacial score (nSPS) is 10.4. The zero-order chi connectivity index (χ0) is 15.6. The third-order valence-electron chi connectivity index (χ3n) is 2.71. The van der Waals surface area contributed by atoms with Crippen LogP contribution in [0.1, 0.15) is 21.9 Å². The molecule has 0 unspecified atom stereocenters. The maximum atomic E-state index is 10.9. The van der Waals surface area contributed by atoms with Crippen molar-refractivity contribution in [3.63, 3.8) is 0 Å². The van der Waals surface area contributed by atoms with Crippen LogP contribution in [0.3, 0.4) is 0 Å². The van der Waals surface area contributed by atoms with Gasteiger partial charge < -0.3 is 14.8 Å². The number of carboxylic acids is 1. The van der Waals surface area contributed by atoms with Gasteiger partial charge in [-0.1, -0.05) is 0 Å². The summed E-state index contributed by atoms with van der Waals surface area (Å²) >= 11 is 3.18. The molecule has 0 saturated carbocycles. The standard InChI is InChI=1S/C12H10BrN3O5/c1-6-8(12(17)18)2-7(21-6)3-15-11-9(13)4-14-5-10(11)16(19)20/h2,4-5H,3H2,1H3,(H,14,15)(H,17,18). The predicted octanol–water partition coefficient (Wildman–Crippen LogP) is 2.96. The number of hydrogen-bond acceptors (Lipinski definition) is 6. The van der Waals surface area contributed by atoms with Crippen molar-refractivity contribution in [2.45, 2.75) is 13.5 Å². The van der Waals surface area contributed by atoms with Gasteiger partial charge in [0.25, 0.3) is 0 Å². The lowest BCUT2D eigenvalue weighted by molar-refractivity contribution is -0.384. The minimum absolute atomic E-state index is 0.0649. The quantitative estimate of drug-likeness (QED) is 0.624. The van der Waals surface area contributed by atoms with Gasteiger partial charge in [-0.2, -0.15) is 0 Å². The maximum Gasteiger partial charge on any atom is 0.339 e. The van der Waals surface area contributed by atoms with Gasteiger partial charge in [-0.3, -0.25) is 15.1 Å². The Balaban J connectivity index is 2.23. The number of anilines is 1. The van der Waals surface area contributed by atoms with Crippen LogP contribution < -0.4 is 5.32 Å². The molecule has 0 saturated heterocycles. The van der Waals surface area contributed by atoms with Crippen LogP contribution in [-0.2, 0) is 6.54 Å². The first-order valence-corrected chi connectivity index (χ1v) is 6.53. The van der Waals surface area contributed by atoms with Crippen molar-refractivity contribution in [1.29, 1.82) is 0 Å². The Kier molecular flexibility index (Phi) is 4.22. The second-order valence-corrected chi connectivity index (χ2v) is 4.97. The number of aromatic nitrogens is 1. The highest BCUT2D eigenvalue weighted by Gasteiger charge is 2.18. The molecule has 0 aromatic carbocycles. The molecule has 21 heavy (non-hydrogen) atoms. The molecule has 8 nitrogen and oxygen atoms in total. The number of aromatic carboxylic acids is 1. The van der Waals surface area contributed by atoms with Gasteiger partial charge in [-0.25, -0.2) is 4.79 Å². The number of nitrogens with zero attached hydrogens (tertiary/aromatic N) is 2. The first kappa shape index (κ1) is 15.0. The van der Waals surface area contributed by atoms with E-state index in [0.717, 1.165) is 6.20 Å². The Bertz CT molecular complexity index is 713. The number of carbonyl (C=O) groups is 1. The fourth-order valence-electron chi connectivity index (χ4n) is 1.76. The monoisotopic (exact) mass is 355 g/mol. The van der Waals surface area contributed by atoms with E-state index in [0.29, 0.717) is 10.2 Å². The highest BCUT2D eigenvalue weighted by molar-refractivity contribution is 9.10. The number of hydrogen-bond donors (Lipinski definition) is 2. The lowest BCUT2D eigenvalue weighted by atomic mass is 10.2. The number of rotatable bonds is 5. The smallest absolute Gasteiger partial charge is 0.339 e. The number of nitrogens with one attached hydrogen (secondary N) is 1. The molecule has 2 heterocycles. The third-order valence-corrected chi connectivity index (χ3v) is 3.32. The van der Waals surface area contributed by atoms with Gasteiger partial charge in [-0.15, -0.1) is 0 Å². The van der Waals surface area contributed by atoms with E-state index in [1.54, 1.807) is 0 Å². The zero-order valence-corrected chi connectivity index (χ0v) is 12.4. The van der Waals surface area contributed by atoms with E-state index < -0.39 is 10.9 Å². The molecule has 0 amide bonds. The summed E-state index contributed by atoms with van der Waals surface area (Å²) in [6, 6.07) is 1.38. The predicted molar refractivity (Wildman–Crippen MR) is 76.3 cm³/mol. The van der Waals surface area contributed by atoms with E-state index in [2.05, 4.69) is 26.2 Å². The fourth-order valence-corrected chi connectivity index (χ4v) is 2.22. The van der Waals surface area contributed by atoms with Gasteiger partial charge in [0.1, 0.15) is 29.0 Å². The Labute approximate surface area is 127 Å². The van der Waals surface area contributed by atoms with Crippen molar-refractivity contribution < 1.29 is 19.2 Å². The van der Waals surface area contributed by atoms with E-state index in [9.17, 15) is 14.9 Å². The summed E-state index contributed by atoms with van der Waals surface area (Å²) in [6.45, 7) is 1.65. The van der Waals surface area contributed by atoms with Crippen LogP contribution in [0.25, 0.3) is 0 Å². The molecule has 2 aromatic heterocycles. The van der Waals surface area contributed by atoms with Gasteiger partial charge >= 0.3 is 11.7 Å². The number of furan rings is 1. The molecule has 0 spiro atoms. The molecule has 0 aliphatic carbocycles. The second-order valence-electron chi connectivity index (χ2n) is 4.11. The number of nitro groups is 1.